The van der Waals surface area contributed by atoms with Gasteiger partial charge in [0.15, 0.2) is 5.69 Å². The molecule has 0 spiro atoms. The lowest BCUT2D eigenvalue weighted by Crippen LogP contribution is -2.41. The summed E-state index contributed by atoms with van der Waals surface area (Å²) in [6.07, 6.45) is -5.68. The van der Waals surface area contributed by atoms with Crippen molar-refractivity contribution in [3.63, 3.8) is 0 Å². The van der Waals surface area contributed by atoms with E-state index in [0.717, 1.165) is 36.5 Å². The number of nitrogens with two attached hydrogens (primary N) is 1. The van der Waals surface area contributed by atoms with E-state index in [9.17, 15) is 31.2 Å². The summed E-state index contributed by atoms with van der Waals surface area (Å²) < 4.78 is 65.2. The SMILES string of the molecule is Nc1cc(S(=O)(=O)c2ccc(OC(F)(F)F)cc2)cnc1C(=O)NNC(=O)O. The molecule has 0 atom stereocenters. The number of amides is 2. The number of hydrogen-bond acceptors (Lipinski definition) is 7. The molecule has 0 aliphatic carbocycles. The van der Waals surface area contributed by atoms with E-state index in [1.807, 2.05) is 0 Å². The van der Waals surface area contributed by atoms with Crippen molar-refractivity contribution in [2.45, 2.75) is 16.2 Å². The highest BCUT2D eigenvalue weighted by atomic mass is 32.2. The summed E-state index contributed by atoms with van der Waals surface area (Å²) in [5.41, 5.74) is 8.12. The Bertz CT molecular complexity index is 1010. The van der Waals surface area contributed by atoms with Crippen molar-refractivity contribution in [3.05, 3.63) is 42.2 Å². The molecular weight excluding hydrogens is 409 g/mol. The van der Waals surface area contributed by atoms with Crippen molar-refractivity contribution in [3.8, 4) is 5.75 Å². The van der Waals surface area contributed by atoms with Crippen LogP contribution in [0.3, 0.4) is 0 Å². The molecule has 14 heteroatoms. The molecule has 150 valence electrons. The molecule has 28 heavy (non-hydrogen) atoms. The van der Waals surface area contributed by atoms with Crippen molar-refractivity contribution in [1.82, 2.24) is 15.8 Å². The molecule has 2 rings (SSSR count). The van der Waals surface area contributed by atoms with E-state index in [2.05, 4.69) is 9.72 Å². The smallest absolute Gasteiger partial charge is 0.464 e. The molecule has 0 aliphatic rings. The van der Waals surface area contributed by atoms with E-state index < -0.39 is 44.5 Å². The Morgan fingerprint density at radius 2 is 1.71 bits per heavy atom. The van der Waals surface area contributed by atoms with Crippen LogP contribution in [0.4, 0.5) is 23.7 Å². The number of pyridine rings is 1. The average molecular weight is 420 g/mol. The van der Waals surface area contributed by atoms with Crippen molar-refractivity contribution < 1.29 is 41.0 Å². The maximum atomic E-state index is 12.5. The highest BCUT2D eigenvalue weighted by Gasteiger charge is 2.31. The fraction of sp³-hybridized carbons (Fsp3) is 0.0714. The molecule has 2 amide bonds. The maximum Gasteiger partial charge on any atom is 0.573 e. The monoisotopic (exact) mass is 420 g/mol. The van der Waals surface area contributed by atoms with Crippen LogP contribution < -0.4 is 21.3 Å². The molecule has 1 aromatic carbocycles. The quantitative estimate of drug-likeness (QED) is 0.539. The van der Waals surface area contributed by atoms with Gasteiger partial charge in [-0.05, 0) is 30.3 Å². The van der Waals surface area contributed by atoms with Crippen LogP contribution in [0.5, 0.6) is 5.75 Å². The van der Waals surface area contributed by atoms with E-state index in [0.29, 0.717) is 0 Å². The largest absolute Gasteiger partial charge is 0.573 e. The lowest BCUT2D eigenvalue weighted by atomic mass is 10.3. The summed E-state index contributed by atoms with van der Waals surface area (Å²) in [6.45, 7) is 0. The predicted molar refractivity (Wildman–Crippen MR) is 85.9 cm³/mol. The lowest BCUT2D eigenvalue weighted by molar-refractivity contribution is -0.274. The molecule has 10 nitrogen and oxygen atoms in total. The number of anilines is 1. The molecule has 0 bridgehead atoms. The van der Waals surface area contributed by atoms with Gasteiger partial charge in [-0.3, -0.25) is 10.2 Å². The van der Waals surface area contributed by atoms with Crippen LogP contribution in [-0.2, 0) is 9.84 Å². The summed E-state index contributed by atoms with van der Waals surface area (Å²) in [4.78, 5) is 24.8. The van der Waals surface area contributed by atoms with E-state index in [1.54, 1.807) is 10.9 Å². The Labute approximate surface area is 155 Å². The Hall–Kier alpha value is -3.55. The molecule has 0 radical (unpaired) electrons. The number of nitrogens with one attached hydrogen (secondary N) is 2. The topological polar surface area (TPSA) is 161 Å². The normalized spacial score (nSPS) is 11.5. The summed E-state index contributed by atoms with van der Waals surface area (Å²) in [5.74, 6) is -1.64. The molecule has 0 saturated carbocycles. The third-order valence-electron chi connectivity index (χ3n) is 3.07. The van der Waals surface area contributed by atoms with Crippen LogP contribution in [0.25, 0.3) is 0 Å². The van der Waals surface area contributed by atoms with Gasteiger partial charge < -0.3 is 15.6 Å². The van der Waals surface area contributed by atoms with Crippen molar-refractivity contribution in [2.24, 2.45) is 0 Å². The van der Waals surface area contributed by atoms with Crippen molar-refractivity contribution >= 4 is 27.5 Å². The van der Waals surface area contributed by atoms with Gasteiger partial charge in [-0.1, -0.05) is 0 Å². The number of nitrogens with zero attached hydrogens (tertiary/aromatic N) is 1. The summed E-state index contributed by atoms with van der Waals surface area (Å²) in [5, 5.41) is 8.41. The zero-order valence-corrected chi connectivity index (χ0v) is 14.3. The van der Waals surface area contributed by atoms with Gasteiger partial charge in [0, 0.05) is 6.20 Å². The Morgan fingerprint density at radius 3 is 2.21 bits per heavy atom. The number of benzene rings is 1. The molecular formula is C14H11F3N4O6S. The number of alkyl halides is 3. The zero-order valence-electron chi connectivity index (χ0n) is 13.5. The molecule has 1 aromatic heterocycles. The number of carbonyl (C=O) groups excluding carboxylic acids is 1. The number of halogens is 3. The number of aromatic nitrogens is 1. The number of hydrogen-bond donors (Lipinski definition) is 4. The van der Waals surface area contributed by atoms with Crippen LogP contribution in [0.1, 0.15) is 10.5 Å². The first-order chi connectivity index (χ1) is 12.9. The number of sulfone groups is 1. The molecule has 0 aliphatic heterocycles. The number of carbonyl (C=O) groups is 2. The standard InChI is InChI=1S/C14H11F3N4O6S/c15-14(16,17)27-7-1-3-8(4-2-7)28(25,26)9-5-10(18)11(19-6-9)12(22)20-21-13(23)24/h1-6,21H,18H2,(H,20,22)(H,23,24). The Kier molecular flexibility index (Phi) is 5.63. The fourth-order valence-electron chi connectivity index (χ4n) is 1.92. The second-order valence-corrected chi connectivity index (χ2v) is 6.97. The number of hydrazine groups is 1. The van der Waals surface area contributed by atoms with Gasteiger partial charge >= 0.3 is 12.5 Å². The molecule has 1 heterocycles. The van der Waals surface area contributed by atoms with Gasteiger partial charge in [-0.25, -0.2) is 23.6 Å². The molecule has 0 fully saturated rings. The van der Waals surface area contributed by atoms with Gasteiger partial charge in [0.1, 0.15) is 5.75 Å². The van der Waals surface area contributed by atoms with E-state index in [4.69, 9.17) is 10.8 Å². The van der Waals surface area contributed by atoms with Crippen LogP contribution in [0.2, 0.25) is 0 Å². The summed E-state index contributed by atoms with van der Waals surface area (Å²) in [6, 6.07) is 4.32. The van der Waals surface area contributed by atoms with Crippen molar-refractivity contribution in [2.75, 3.05) is 5.73 Å². The third-order valence-corrected chi connectivity index (χ3v) is 4.80. The second-order valence-electron chi connectivity index (χ2n) is 5.02. The van der Waals surface area contributed by atoms with E-state index in [1.165, 1.54) is 0 Å². The lowest BCUT2D eigenvalue weighted by Gasteiger charge is -2.11. The predicted octanol–water partition coefficient (Wildman–Crippen LogP) is 1.31. The highest BCUT2D eigenvalue weighted by molar-refractivity contribution is 7.91. The van der Waals surface area contributed by atoms with E-state index >= 15 is 0 Å². The van der Waals surface area contributed by atoms with Crippen LogP contribution >= 0.6 is 0 Å². The zero-order chi connectivity index (χ0) is 21.1. The van der Waals surface area contributed by atoms with Crippen LogP contribution in [-0.4, -0.2) is 36.9 Å². The minimum Gasteiger partial charge on any atom is -0.464 e. The molecule has 2 aromatic rings. The third kappa shape index (κ3) is 5.00. The Morgan fingerprint density at radius 1 is 1.11 bits per heavy atom. The first-order valence-electron chi connectivity index (χ1n) is 7.06. The average Bonchev–Trinajstić information content (AvgIpc) is 2.58. The molecule has 0 saturated heterocycles. The second kappa shape index (κ2) is 7.59. The summed E-state index contributed by atoms with van der Waals surface area (Å²) >= 11 is 0. The van der Waals surface area contributed by atoms with Gasteiger partial charge in [0.05, 0.1) is 15.5 Å². The minimum atomic E-state index is -4.93. The summed E-state index contributed by atoms with van der Waals surface area (Å²) in [7, 11) is -4.21. The maximum absolute atomic E-state index is 12.5. The highest BCUT2D eigenvalue weighted by Crippen LogP contribution is 2.27. The minimum absolute atomic E-state index is 0.368. The molecule has 5 N–H and O–H groups in total. The first-order valence-corrected chi connectivity index (χ1v) is 8.54. The number of nitrogen functional groups attached to an aromatic ring is 1. The fourth-order valence-corrected chi connectivity index (χ4v) is 3.16. The van der Waals surface area contributed by atoms with Gasteiger partial charge in [0.2, 0.25) is 9.84 Å². The van der Waals surface area contributed by atoms with Crippen LogP contribution in [0.15, 0.2) is 46.3 Å². The van der Waals surface area contributed by atoms with E-state index in [-0.39, 0.29) is 10.6 Å². The Balaban J connectivity index is 2.27. The van der Waals surface area contributed by atoms with Gasteiger partial charge in [-0.15, -0.1) is 13.2 Å². The number of rotatable bonds is 4. The van der Waals surface area contributed by atoms with Gasteiger partial charge in [-0.2, -0.15) is 0 Å². The molecule has 0 unspecified atom stereocenters. The number of carboxylic acid groups (broad SMARTS) is 1. The first kappa shape index (κ1) is 20.8. The van der Waals surface area contributed by atoms with Gasteiger partial charge in [0.25, 0.3) is 5.91 Å². The number of ether oxygens (including phenoxy) is 1. The van der Waals surface area contributed by atoms with Crippen molar-refractivity contribution in [1.29, 1.82) is 0 Å². The van der Waals surface area contributed by atoms with Crippen LogP contribution in [0, 0.1) is 0 Å².